The molecule has 1 atom stereocenters. The zero-order chi connectivity index (χ0) is 14.4. The van der Waals surface area contributed by atoms with E-state index in [0.717, 1.165) is 29.2 Å². The number of benzene rings is 1. The number of halogens is 1. The molecule has 0 saturated heterocycles. The standard InChI is InChI=1S/C14H18ClN3OS/c1-2-3-4-12(16)14-17-13(18-19-14)9-20-11-7-5-10(15)6-8-11/h5-8,12H,2-4,9,16H2,1H3/t12-/m0/s1. The van der Waals surface area contributed by atoms with Gasteiger partial charge in [-0.2, -0.15) is 4.98 Å². The molecule has 0 bridgehead atoms. The maximum Gasteiger partial charge on any atom is 0.243 e. The first-order chi connectivity index (χ1) is 9.69. The van der Waals surface area contributed by atoms with E-state index in [1.54, 1.807) is 11.8 Å². The molecular formula is C14H18ClN3OS. The maximum absolute atomic E-state index is 6.00. The van der Waals surface area contributed by atoms with Crippen LogP contribution in [0.2, 0.25) is 5.02 Å². The fourth-order valence-corrected chi connectivity index (χ4v) is 2.57. The monoisotopic (exact) mass is 311 g/mol. The quantitative estimate of drug-likeness (QED) is 0.776. The third kappa shape index (κ3) is 4.51. The molecule has 108 valence electrons. The lowest BCUT2D eigenvalue weighted by Gasteiger charge is -2.03. The first kappa shape index (κ1) is 15.4. The van der Waals surface area contributed by atoms with Crippen molar-refractivity contribution in [3.63, 3.8) is 0 Å². The lowest BCUT2D eigenvalue weighted by atomic mass is 10.1. The van der Waals surface area contributed by atoms with Crippen molar-refractivity contribution in [2.24, 2.45) is 5.73 Å². The van der Waals surface area contributed by atoms with Crippen LogP contribution >= 0.6 is 23.4 Å². The van der Waals surface area contributed by atoms with Crippen LogP contribution in [0.3, 0.4) is 0 Å². The van der Waals surface area contributed by atoms with Gasteiger partial charge in [0.1, 0.15) is 0 Å². The molecular weight excluding hydrogens is 294 g/mol. The predicted octanol–water partition coefficient (Wildman–Crippen LogP) is 4.21. The molecule has 0 saturated carbocycles. The summed E-state index contributed by atoms with van der Waals surface area (Å²) in [5, 5.41) is 4.70. The summed E-state index contributed by atoms with van der Waals surface area (Å²) in [7, 11) is 0. The van der Waals surface area contributed by atoms with Crippen molar-refractivity contribution >= 4 is 23.4 Å². The SMILES string of the molecule is CCCC[C@H](N)c1nc(CSc2ccc(Cl)cc2)no1. The predicted molar refractivity (Wildman–Crippen MR) is 81.8 cm³/mol. The van der Waals surface area contributed by atoms with Crippen LogP contribution in [-0.4, -0.2) is 10.1 Å². The van der Waals surface area contributed by atoms with Gasteiger partial charge >= 0.3 is 0 Å². The summed E-state index contributed by atoms with van der Waals surface area (Å²) in [6.45, 7) is 2.13. The van der Waals surface area contributed by atoms with Crippen LogP contribution in [0.15, 0.2) is 33.7 Å². The molecule has 1 heterocycles. The van der Waals surface area contributed by atoms with E-state index in [9.17, 15) is 0 Å². The van der Waals surface area contributed by atoms with Gasteiger partial charge in [-0.25, -0.2) is 0 Å². The molecule has 4 nitrogen and oxygen atoms in total. The van der Waals surface area contributed by atoms with Crippen molar-refractivity contribution in [2.75, 3.05) is 0 Å². The largest absolute Gasteiger partial charge is 0.338 e. The molecule has 0 radical (unpaired) electrons. The van der Waals surface area contributed by atoms with Crippen molar-refractivity contribution in [1.82, 2.24) is 10.1 Å². The average molecular weight is 312 g/mol. The lowest BCUT2D eigenvalue weighted by molar-refractivity contribution is 0.343. The summed E-state index contributed by atoms with van der Waals surface area (Å²) >= 11 is 7.49. The molecule has 0 amide bonds. The van der Waals surface area contributed by atoms with E-state index >= 15 is 0 Å². The Bertz CT molecular complexity index is 529. The lowest BCUT2D eigenvalue weighted by Crippen LogP contribution is -2.10. The summed E-state index contributed by atoms with van der Waals surface area (Å²) < 4.78 is 5.21. The van der Waals surface area contributed by atoms with Gasteiger partial charge in [0.2, 0.25) is 5.89 Å². The summed E-state index contributed by atoms with van der Waals surface area (Å²) in [5.41, 5.74) is 6.00. The van der Waals surface area contributed by atoms with E-state index in [2.05, 4.69) is 17.1 Å². The van der Waals surface area contributed by atoms with Crippen molar-refractivity contribution in [3.8, 4) is 0 Å². The van der Waals surface area contributed by atoms with Gasteiger partial charge in [-0.3, -0.25) is 0 Å². The summed E-state index contributed by atoms with van der Waals surface area (Å²) in [6, 6.07) is 7.53. The van der Waals surface area contributed by atoms with Crippen LogP contribution in [0.1, 0.15) is 43.9 Å². The minimum atomic E-state index is -0.156. The van der Waals surface area contributed by atoms with E-state index in [0.29, 0.717) is 17.5 Å². The Kier molecular flexibility index (Phi) is 5.88. The van der Waals surface area contributed by atoms with Crippen molar-refractivity contribution in [3.05, 3.63) is 41.0 Å². The van der Waals surface area contributed by atoms with Crippen molar-refractivity contribution in [2.45, 2.75) is 42.9 Å². The van der Waals surface area contributed by atoms with E-state index < -0.39 is 0 Å². The number of nitrogens with zero attached hydrogens (tertiary/aromatic N) is 2. The fourth-order valence-electron chi connectivity index (χ4n) is 1.70. The maximum atomic E-state index is 6.00. The van der Waals surface area contributed by atoms with Gasteiger partial charge in [0.05, 0.1) is 11.8 Å². The van der Waals surface area contributed by atoms with Crippen LogP contribution in [0.4, 0.5) is 0 Å². The van der Waals surface area contributed by atoms with Gasteiger partial charge in [0.25, 0.3) is 0 Å². The zero-order valence-corrected chi connectivity index (χ0v) is 13.0. The van der Waals surface area contributed by atoms with Crippen molar-refractivity contribution < 1.29 is 4.52 Å². The highest BCUT2D eigenvalue weighted by molar-refractivity contribution is 7.98. The highest BCUT2D eigenvalue weighted by atomic mass is 35.5. The Balaban J connectivity index is 1.87. The Morgan fingerprint density at radius 2 is 2.10 bits per heavy atom. The number of rotatable bonds is 7. The number of nitrogens with two attached hydrogens (primary N) is 1. The molecule has 20 heavy (non-hydrogen) atoms. The first-order valence-electron chi connectivity index (χ1n) is 6.65. The van der Waals surface area contributed by atoms with E-state index in [4.69, 9.17) is 21.9 Å². The number of hydrogen-bond acceptors (Lipinski definition) is 5. The van der Waals surface area contributed by atoms with Gasteiger partial charge in [-0.05, 0) is 30.7 Å². The fraction of sp³-hybridized carbons (Fsp3) is 0.429. The second-order valence-corrected chi connectivity index (χ2v) is 6.03. The molecule has 2 N–H and O–H groups in total. The zero-order valence-electron chi connectivity index (χ0n) is 11.4. The van der Waals surface area contributed by atoms with Crippen LogP contribution in [0.5, 0.6) is 0 Å². The summed E-state index contributed by atoms with van der Waals surface area (Å²) in [4.78, 5) is 5.47. The van der Waals surface area contributed by atoms with Crippen molar-refractivity contribution in [1.29, 1.82) is 0 Å². The smallest absolute Gasteiger partial charge is 0.243 e. The first-order valence-corrected chi connectivity index (χ1v) is 8.02. The van der Waals surface area contributed by atoms with Gasteiger partial charge in [-0.15, -0.1) is 11.8 Å². The van der Waals surface area contributed by atoms with E-state index in [-0.39, 0.29) is 6.04 Å². The number of thioether (sulfide) groups is 1. The molecule has 0 aliphatic carbocycles. The highest BCUT2D eigenvalue weighted by Gasteiger charge is 2.14. The van der Waals surface area contributed by atoms with Crippen LogP contribution in [0, 0.1) is 0 Å². The second-order valence-electron chi connectivity index (χ2n) is 4.54. The molecule has 1 aromatic carbocycles. The van der Waals surface area contributed by atoms with E-state index in [1.165, 1.54) is 0 Å². The summed E-state index contributed by atoms with van der Waals surface area (Å²) in [6.07, 6.45) is 3.06. The van der Waals surface area contributed by atoms with Crippen LogP contribution < -0.4 is 5.73 Å². The average Bonchev–Trinajstić information content (AvgIpc) is 2.93. The van der Waals surface area contributed by atoms with Gasteiger partial charge < -0.3 is 10.3 Å². The van der Waals surface area contributed by atoms with Gasteiger partial charge in [-0.1, -0.05) is 36.5 Å². The third-order valence-electron chi connectivity index (χ3n) is 2.85. The molecule has 6 heteroatoms. The molecule has 2 aromatic rings. The number of aromatic nitrogens is 2. The molecule has 0 aliphatic heterocycles. The number of hydrogen-bond donors (Lipinski definition) is 1. The molecule has 0 spiro atoms. The van der Waals surface area contributed by atoms with Crippen LogP contribution in [0.25, 0.3) is 0 Å². The molecule has 0 unspecified atom stereocenters. The Hall–Kier alpha value is -1.04. The topological polar surface area (TPSA) is 64.9 Å². The summed E-state index contributed by atoms with van der Waals surface area (Å²) in [5.74, 6) is 1.86. The molecule has 0 aliphatic rings. The third-order valence-corrected chi connectivity index (χ3v) is 4.11. The van der Waals surface area contributed by atoms with Crippen LogP contribution in [-0.2, 0) is 5.75 Å². The Morgan fingerprint density at radius 3 is 2.80 bits per heavy atom. The number of unbranched alkanes of at least 4 members (excludes halogenated alkanes) is 1. The van der Waals surface area contributed by atoms with Gasteiger partial charge in [0.15, 0.2) is 5.82 Å². The van der Waals surface area contributed by atoms with Gasteiger partial charge in [0, 0.05) is 9.92 Å². The molecule has 0 fully saturated rings. The normalized spacial score (nSPS) is 12.6. The van der Waals surface area contributed by atoms with E-state index in [1.807, 2.05) is 24.3 Å². The Labute approximate surface area is 128 Å². The minimum absolute atomic E-state index is 0.156. The minimum Gasteiger partial charge on any atom is -0.338 e. The molecule has 1 aromatic heterocycles. The molecule has 2 rings (SSSR count). The second kappa shape index (κ2) is 7.67. The highest BCUT2D eigenvalue weighted by Crippen LogP contribution is 2.24. The Morgan fingerprint density at radius 1 is 1.35 bits per heavy atom.